The number of esters is 1. The van der Waals surface area contributed by atoms with Crippen LogP contribution in [0.1, 0.15) is 52.0 Å². The topological polar surface area (TPSA) is 115 Å². The van der Waals surface area contributed by atoms with Gasteiger partial charge in [0.2, 0.25) is 5.91 Å². The second kappa shape index (κ2) is 11.4. The molecule has 2 aliphatic rings. The maximum atomic E-state index is 14.2. The molecule has 2 saturated heterocycles. The summed E-state index contributed by atoms with van der Waals surface area (Å²) in [6, 6.07) is 15.1. The monoisotopic (exact) mass is 629 g/mol. The van der Waals surface area contributed by atoms with Crippen molar-refractivity contribution < 1.29 is 32.3 Å². The Morgan fingerprint density at radius 2 is 1.64 bits per heavy atom. The number of carbonyl (C=O) groups is 3. The maximum absolute atomic E-state index is 14.2. The Labute approximate surface area is 262 Å². The fraction of sp³-hybridized carbons (Fsp3) is 0.324. The van der Waals surface area contributed by atoms with Crippen LogP contribution in [0.3, 0.4) is 0 Å². The first-order chi connectivity index (χ1) is 21.5. The summed E-state index contributed by atoms with van der Waals surface area (Å²) in [5.41, 5.74) is 3.57. The van der Waals surface area contributed by atoms with Gasteiger partial charge in [-0.1, -0.05) is 36.8 Å². The van der Waals surface area contributed by atoms with Gasteiger partial charge in [-0.3, -0.25) is 9.59 Å². The summed E-state index contributed by atoms with van der Waals surface area (Å²) < 4.78 is 39.5. The first-order valence-corrected chi connectivity index (χ1v) is 16.2. The molecule has 3 atom stereocenters. The molecule has 2 amide bonds. The molecular weight excluding hydrogens is 594 g/mol. The standard InChI is InChI=1S/C34H35N3O7S/c1-20-6-12-25(13-7-20)45(41,42)37-15-14-26-27(29(43-4)17-22(3)30(26)37)19-36-31(23-8-10-24(11-9-23)34(40)44-5)33(39)35-18-21(2)16-28(35)32(36)38/h6-15,17,21,28,31H,16,18-19H2,1-5H3/t21-,28+,31?/m1/s1. The molecule has 2 fully saturated rings. The van der Waals surface area contributed by atoms with Crippen molar-refractivity contribution in [2.24, 2.45) is 5.92 Å². The van der Waals surface area contributed by atoms with Gasteiger partial charge < -0.3 is 19.3 Å². The molecular formula is C34H35N3O7S. The SMILES string of the molecule is COC(=O)c1ccc(C2C(=O)N3C[C@H](C)C[C@H]3C(=O)N2Cc2c(OC)cc(C)c3c2ccn3S(=O)(=O)c2ccc(C)cc2)cc1. The lowest BCUT2D eigenvalue weighted by Gasteiger charge is -2.42. The fourth-order valence-electron chi connectivity index (χ4n) is 6.61. The lowest BCUT2D eigenvalue weighted by atomic mass is 9.95. The summed E-state index contributed by atoms with van der Waals surface area (Å²) in [6.07, 6.45) is 2.07. The molecule has 1 aromatic heterocycles. The van der Waals surface area contributed by atoms with Gasteiger partial charge in [-0.25, -0.2) is 17.2 Å². The van der Waals surface area contributed by atoms with E-state index in [0.717, 1.165) is 5.56 Å². The summed E-state index contributed by atoms with van der Waals surface area (Å²) in [5, 5.41) is 0.602. The minimum atomic E-state index is -3.94. The number of piperazine rings is 1. The molecule has 45 heavy (non-hydrogen) atoms. The molecule has 4 aromatic rings. The van der Waals surface area contributed by atoms with Crippen LogP contribution < -0.4 is 4.74 Å². The molecule has 3 heterocycles. The third kappa shape index (κ3) is 5.04. The number of fused-ring (bicyclic) bond motifs is 2. The van der Waals surface area contributed by atoms with E-state index in [-0.39, 0.29) is 29.2 Å². The quantitative estimate of drug-likeness (QED) is 0.274. The molecule has 0 spiro atoms. The lowest BCUT2D eigenvalue weighted by Crippen LogP contribution is -2.58. The molecule has 2 aliphatic heterocycles. The van der Waals surface area contributed by atoms with Gasteiger partial charge in [0.05, 0.1) is 36.7 Å². The number of ether oxygens (including phenoxy) is 2. The van der Waals surface area contributed by atoms with E-state index in [1.54, 1.807) is 70.5 Å². The minimum absolute atomic E-state index is 0.00125. The first kappa shape index (κ1) is 30.4. The van der Waals surface area contributed by atoms with Gasteiger partial charge in [0.1, 0.15) is 17.8 Å². The molecule has 0 N–H and O–H groups in total. The van der Waals surface area contributed by atoms with E-state index in [1.165, 1.54) is 24.4 Å². The van der Waals surface area contributed by atoms with Gasteiger partial charge in [0, 0.05) is 23.7 Å². The van der Waals surface area contributed by atoms with E-state index in [4.69, 9.17) is 9.47 Å². The number of hydrogen-bond acceptors (Lipinski definition) is 7. The second-order valence-electron chi connectivity index (χ2n) is 11.9. The lowest BCUT2D eigenvalue weighted by molar-refractivity contribution is -0.160. The van der Waals surface area contributed by atoms with E-state index in [0.29, 0.717) is 51.9 Å². The van der Waals surface area contributed by atoms with Crippen molar-refractivity contribution in [3.8, 4) is 5.75 Å². The van der Waals surface area contributed by atoms with Crippen molar-refractivity contribution in [3.05, 3.63) is 94.7 Å². The molecule has 3 aromatic carbocycles. The third-order valence-corrected chi connectivity index (χ3v) is 10.6. The Bertz CT molecular complexity index is 1930. The molecule has 0 saturated carbocycles. The molecule has 234 valence electrons. The van der Waals surface area contributed by atoms with E-state index in [2.05, 4.69) is 0 Å². The maximum Gasteiger partial charge on any atom is 0.337 e. The van der Waals surface area contributed by atoms with Crippen molar-refractivity contribution in [1.29, 1.82) is 0 Å². The Balaban J connectivity index is 1.48. The van der Waals surface area contributed by atoms with Crippen molar-refractivity contribution in [2.45, 2.75) is 50.7 Å². The van der Waals surface area contributed by atoms with Crippen molar-refractivity contribution in [1.82, 2.24) is 13.8 Å². The normalized spacial score (nSPS) is 20.1. The Morgan fingerprint density at radius 1 is 0.956 bits per heavy atom. The van der Waals surface area contributed by atoms with Gasteiger partial charge in [0.15, 0.2) is 0 Å². The van der Waals surface area contributed by atoms with Crippen molar-refractivity contribution >= 4 is 38.7 Å². The Morgan fingerprint density at radius 3 is 2.29 bits per heavy atom. The summed E-state index contributed by atoms with van der Waals surface area (Å²) in [5.74, 6) is -0.255. The van der Waals surface area contributed by atoms with Crippen LogP contribution in [0.5, 0.6) is 5.75 Å². The largest absolute Gasteiger partial charge is 0.496 e. The Kier molecular flexibility index (Phi) is 7.68. The number of amides is 2. The van der Waals surface area contributed by atoms with Crippen molar-refractivity contribution in [2.75, 3.05) is 20.8 Å². The van der Waals surface area contributed by atoms with Crippen molar-refractivity contribution in [3.63, 3.8) is 0 Å². The summed E-state index contributed by atoms with van der Waals surface area (Å²) >= 11 is 0. The van der Waals surface area contributed by atoms with E-state index in [9.17, 15) is 22.8 Å². The molecule has 6 rings (SSSR count). The molecule has 10 nitrogen and oxygen atoms in total. The van der Waals surface area contributed by atoms with Crippen LogP contribution in [-0.4, -0.2) is 66.8 Å². The van der Waals surface area contributed by atoms with Gasteiger partial charge in [-0.05, 0) is 73.7 Å². The van der Waals surface area contributed by atoms with E-state index < -0.39 is 28.1 Å². The van der Waals surface area contributed by atoms with E-state index in [1.807, 2.05) is 20.8 Å². The van der Waals surface area contributed by atoms with Gasteiger partial charge in [0.25, 0.3) is 15.9 Å². The number of aryl methyl sites for hydroxylation is 2. The number of aromatic nitrogens is 1. The highest BCUT2D eigenvalue weighted by molar-refractivity contribution is 7.90. The first-order valence-electron chi connectivity index (χ1n) is 14.7. The third-order valence-electron chi connectivity index (χ3n) is 8.88. The Hall–Kier alpha value is -4.64. The van der Waals surface area contributed by atoms with Crippen LogP contribution >= 0.6 is 0 Å². The number of rotatable bonds is 7. The second-order valence-corrected chi connectivity index (χ2v) is 13.7. The number of nitrogens with zero attached hydrogens (tertiary/aromatic N) is 3. The van der Waals surface area contributed by atoms with Crippen LogP contribution in [0.15, 0.2) is 71.8 Å². The van der Waals surface area contributed by atoms with E-state index >= 15 is 0 Å². The molecule has 0 bridgehead atoms. The highest BCUT2D eigenvalue weighted by Crippen LogP contribution is 2.41. The number of benzene rings is 3. The molecule has 11 heteroatoms. The average molecular weight is 630 g/mol. The van der Waals surface area contributed by atoms with Gasteiger partial charge in [-0.2, -0.15) is 0 Å². The smallest absolute Gasteiger partial charge is 0.337 e. The number of methoxy groups -OCH3 is 2. The summed E-state index contributed by atoms with van der Waals surface area (Å²) in [6.45, 7) is 6.21. The average Bonchev–Trinajstić information content (AvgIpc) is 3.66. The highest BCUT2D eigenvalue weighted by Gasteiger charge is 2.50. The van der Waals surface area contributed by atoms with Crippen LogP contribution in [0.4, 0.5) is 0 Å². The predicted octanol–water partition coefficient (Wildman–Crippen LogP) is 4.61. The molecule has 1 unspecified atom stereocenters. The molecule has 0 aliphatic carbocycles. The fourth-order valence-corrected chi connectivity index (χ4v) is 8.02. The zero-order valence-electron chi connectivity index (χ0n) is 25.8. The highest BCUT2D eigenvalue weighted by atomic mass is 32.2. The summed E-state index contributed by atoms with van der Waals surface area (Å²) in [7, 11) is -1.12. The van der Waals surface area contributed by atoms with Gasteiger partial charge in [-0.15, -0.1) is 0 Å². The van der Waals surface area contributed by atoms with Gasteiger partial charge >= 0.3 is 5.97 Å². The number of carbonyl (C=O) groups excluding carboxylic acids is 3. The zero-order chi connectivity index (χ0) is 32.2. The molecule has 0 radical (unpaired) electrons. The van der Waals surface area contributed by atoms with Crippen LogP contribution in [0.2, 0.25) is 0 Å². The van der Waals surface area contributed by atoms with Crippen LogP contribution in [0, 0.1) is 19.8 Å². The van der Waals surface area contributed by atoms with Crippen LogP contribution in [0.25, 0.3) is 10.9 Å². The predicted molar refractivity (Wildman–Crippen MR) is 167 cm³/mol. The zero-order valence-corrected chi connectivity index (χ0v) is 26.6. The minimum Gasteiger partial charge on any atom is -0.496 e. The summed E-state index contributed by atoms with van der Waals surface area (Å²) in [4.78, 5) is 43.8. The van der Waals surface area contributed by atoms with Crippen LogP contribution in [-0.2, 0) is 30.9 Å². The number of hydrogen-bond donors (Lipinski definition) is 0.